The van der Waals surface area contributed by atoms with Crippen LogP contribution in [0.4, 0.5) is 17.6 Å². The van der Waals surface area contributed by atoms with E-state index in [4.69, 9.17) is 0 Å². The van der Waals surface area contributed by atoms with Gasteiger partial charge in [-0.05, 0) is 37.5 Å². The Kier molecular flexibility index (Phi) is 5.29. The Morgan fingerprint density at radius 2 is 1.57 bits per heavy atom. The number of ether oxygens (including phenoxy) is 1. The monoisotopic (exact) mass is 326 g/mol. The molecule has 0 heterocycles. The Balaban J connectivity index is 2.18. The highest BCUT2D eigenvalue weighted by atomic mass is 19.3. The van der Waals surface area contributed by atoms with E-state index in [2.05, 4.69) is 11.7 Å². The molecule has 23 heavy (non-hydrogen) atoms. The van der Waals surface area contributed by atoms with E-state index in [-0.39, 0.29) is 11.1 Å². The first kappa shape index (κ1) is 17.3. The van der Waals surface area contributed by atoms with Crippen LogP contribution in [0.1, 0.15) is 36.5 Å². The van der Waals surface area contributed by atoms with Crippen LogP contribution in [-0.4, -0.2) is 0 Å². The maximum absolute atomic E-state index is 14.1. The SMILES string of the molecule is CCCCc1ccc(C(F)(F)Oc2cc(F)c(C)c(F)c2)cc1. The molecule has 2 rings (SSSR count). The molecule has 2 aromatic rings. The van der Waals surface area contributed by atoms with Gasteiger partial charge in [-0.25, -0.2) is 8.78 Å². The van der Waals surface area contributed by atoms with Crippen molar-refractivity contribution in [1.82, 2.24) is 0 Å². The van der Waals surface area contributed by atoms with Crippen molar-refractivity contribution in [2.24, 2.45) is 0 Å². The normalized spacial score (nSPS) is 11.6. The maximum atomic E-state index is 14.1. The standard InChI is InChI=1S/C18H18F4O/c1-3-4-5-13-6-8-14(9-7-13)18(21,22)23-15-10-16(19)12(2)17(20)11-15/h6-11H,3-5H2,1-2H3. The summed E-state index contributed by atoms with van der Waals surface area (Å²) in [5, 5.41) is 0. The van der Waals surface area contributed by atoms with Gasteiger partial charge in [0, 0.05) is 17.7 Å². The third kappa shape index (κ3) is 4.24. The number of rotatable bonds is 6. The van der Waals surface area contributed by atoms with E-state index in [1.165, 1.54) is 19.1 Å². The van der Waals surface area contributed by atoms with E-state index in [9.17, 15) is 17.6 Å². The molecule has 0 aliphatic rings. The predicted octanol–water partition coefficient (Wildman–Crippen LogP) is 5.74. The van der Waals surface area contributed by atoms with E-state index in [1.807, 2.05) is 0 Å². The van der Waals surface area contributed by atoms with Crippen LogP contribution in [0, 0.1) is 18.6 Å². The van der Waals surface area contributed by atoms with E-state index >= 15 is 0 Å². The molecule has 124 valence electrons. The van der Waals surface area contributed by atoms with Gasteiger partial charge in [-0.1, -0.05) is 25.5 Å². The maximum Gasteiger partial charge on any atom is 0.426 e. The van der Waals surface area contributed by atoms with Crippen molar-refractivity contribution >= 4 is 0 Å². The number of hydrogen-bond acceptors (Lipinski definition) is 1. The molecule has 0 atom stereocenters. The summed E-state index contributed by atoms with van der Waals surface area (Å²) in [4.78, 5) is 0. The summed E-state index contributed by atoms with van der Waals surface area (Å²) in [6.45, 7) is 3.28. The van der Waals surface area contributed by atoms with E-state index < -0.39 is 23.5 Å². The topological polar surface area (TPSA) is 9.23 Å². The van der Waals surface area contributed by atoms with Gasteiger partial charge in [0.2, 0.25) is 0 Å². The Morgan fingerprint density at radius 1 is 1.00 bits per heavy atom. The van der Waals surface area contributed by atoms with Gasteiger partial charge in [-0.3, -0.25) is 0 Å². The summed E-state index contributed by atoms with van der Waals surface area (Å²) in [6, 6.07) is 7.26. The summed E-state index contributed by atoms with van der Waals surface area (Å²) in [5.74, 6) is -2.40. The lowest BCUT2D eigenvalue weighted by Gasteiger charge is -2.19. The first-order valence-electron chi connectivity index (χ1n) is 7.45. The number of benzene rings is 2. The molecule has 0 radical (unpaired) electrons. The molecule has 0 amide bonds. The average Bonchev–Trinajstić information content (AvgIpc) is 2.50. The molecule has 2 aromatic carbocycles. The molecule has 5 heteroatoms. The summed E-state index contributed by atoms with van der Waals surface area (Å²) in [7, 11) is 0. The molecule has 0 bridgehead atoms. The smallest absolute Gasteiger partial charge is 0.426 e. The van der Waals surface area contributed by atoms with Crippen LogP contribution >= 0.6 is 0 Å². The second kappa shape index (κ2) is 7.02. The van der Waals surface area contributed by atoms with Gasteiger partial charge in [-0.15, -0.1) is 0 Å². The van der Waals surface area contributed by atoms with E-state index in [1.54, 1.807) is 12.1 Å². The van der Waals surface area contributed by atoms with Crippen LogP contribution in [0.5, 0.6) is 5.75 Å². The zero-order valence-electron chi connectivity index (χ0n) is 13.0. The number of alkyl halides is 2. The summed E-state index contributed by atoms with van der Waals surface area (Å²) in [6.07, 6.45) is -0.852. The fraction of sp³-hybridized carbons (Fsp3) is 0.333. The van der Waals surface area contributed by atoms with E-state index in [0.29, 0.717) is 0 Å². The fourth-order valence-corrected chi connectivity index (χ4v) is 2.13. The minimum atomic E-state index is -3.67. The second-order valence-corrected chi connectivity index (χ2v) is 5.43. The molecule has 0 fully saturated rings. The molecule has 0 saturated carbocycles. The lowest BCUT2D eigenvalue weighted by atomic mass is 10.1. The third-order valence-corrected chi connectivity index (χ3v) is 3.61. The Bertz CT molecular complexity index is 642. The zero-order chi connectivity index (χ0) is 17.0. The molecule has 0 aliphatic carbocycles. The summed E-state index contributed by atoms with van der Waals surface area (Å²) >= 11 is 0. The van der Waals surface area contributed by atoms with Gasteiger partial charge in [0.25, 0.3) is 0 Å². The molecule has 0 aromatic heterocycles. The minimum Gasteiger partial charge on any atom is -0.429 e. The molecular formula is C18H18F4O. The lowest BCUT2D eigenvalue weighted by molar-refractivity contribution is -0.185. The van der Waals surface area contributed by atoms with Crippen LogP contribution in [0.3, 0.4) is 0 Å². The molecule has 0 N–H and O–H groups in total. The largest absolute Gasteiger partial charge is 0.429 e. The van der Waals surface area contributed by atoms with Gasteiger partial charge in [-0.2, -0.15) is 8.78 Å². The fourth-order valence-electron chi connectivity index (χ4n) is 2.13. The molecule has 0 unspecified atom stereocenters. The molecule has 1 nitrogen and oxygen atoms in total. The highest BCUT2D eigenvalue weighted by Gasteiger charge is 2.34. The third-order valence-electron chi connectivity index (χ3n) is 3.61. The highest BCUT2D eigenvalue weighted by Crippen LogP contribution is 2.33. The van der Waals surface area contributed by atoms with Crippen molar-refractivity contribution in [1.29, 1.82) is 0 Å². The molecule has 0 spiro atoms. The van der Waals surface area contributed by atoms with Crippen molar-refractivity contribution in [2.45, 2.75) is 39.2 Å². The zero-order valence-corrected chi connectivity index (χ0v) is 13.0. The van der Waals surface area contributed by atoms with Crippen LogP contribution < -0.4 is 4.74 Å². The molecule has 0 saturated heterocycles. The van der Waals surface area contributed by atoms with Gasteiger partial charge in [0.1, 0.15) is 17.4 Å². The van der Waals surface area contributed by atoms with Gasteiger partial charge in [0.05, 0.1) is 5.56 Å². The highest BCUT2D eigenvalue weighted by molar-refractivity contribution is 5.31. The molecule has 0 aliphatic heterocycles. The Labute approximate surface area is 132 Å². The van der Waals surface area contributed by atoms with Crippen LogP contribution in [0.15, 0.2) is 36.4 Å². The predicted molar refractivity (Wildman–Crippen MR) is 80.7 cm³/mol. The van der Waals surface area contributed by atoms with Gasteiger partial charge in [0.15, 0.2) is 0 Å². The minimum absolute atomic E-state index is 0.235. The lowest BCUT2D eigenvalue weighted by Crippen LogP contribution is -2.22. The first-order chi connectivity index (χ1) is 10.8. The Hall–Kier alpha value is -2.04. The van der Waals surface area contributed by atoms with Crippen LogP contribution in [0.25, 0.3) is 0 Å². The number of halogens is 4. The van der Waals surface area contributed by atoms with Crippen LogP contribution in [-0.2, 0) is 12.5 Å². The number of aryl methyl sites for hydroxylation is 1. The van der Waals surface area contributed by atoms with Gasteiger partial charge < -0.3 is 4.74 Å². The van der Waals surface area contributed by atoms with Crippen LogP contribution in [0.2, 0.25) is 0 Å². The Morgan fingerprint density at radius 3 is 2.09 bits per heavy atom. The average molecular weight is 326 g/mol. The number of unbranched alkanes of at least 4 members (excludes halogenated alkanes) is 1. The number of hydrogen-bond donors (Lipinski definition) is 0. The quantitative estimate of drug-likeness (QED) is 0.615. The van der Waals surface area contributed by atoms with Crippen molar-refractivity contribution in [3.8, 4) is 5.75 Å². The van der Waals surface area contributed by atoms with Crippen molar-refractivity contribution in [3.63, 3.8) is 0 Å². The van der Waals surface area contributed by atoms with Crippen molar-refractivity contribution in [2.75, 3.05) is 0 Å². The van der Waals surface area contributed by atoms with E-state index in [0.717, 1.165) is 37.0 Å². The van der Waals surface area contributed by atoms with Crippen molar-refractivity contribution in [3.05, 3.63) is 64.7 Å². The molecular weight excluding hydrogens is 308 g/mol. The van der Waals surface area contributed by atoms with Crippen molar-refractivity contribution < 1.29 is 22.3 Å². The first-order valence-corrected chi connectivity index (χ1v) is 7.45. The summed E-state index contributed by atoms with van der Waals surface area (Å²) in [5.41, 5.74) is 0.360. The second-order valence-electron chi connectivity index (χ2n) is 5.43. The summed E-state index contributed by atoms with van der Waals surface area (Å²) < 4.78 is 59.6. The van der Waals surface area contributed by atoms with Gasteiger partial charge >= 0.3 is 6.11 Å².